The highest BCUT2D eigenvalue weighted by Gasteiger charge is 2.30. The number of anilines is 1. The van der Waals surface area contributed by atoms with Crippen LogP contribution >= 0.6 is 0 Å². The summed E-state index contributed by atoms with van der Waals surface area (Å²) in [5.74, 6) is 0.459. The molecule has 0 amide bonds. The summed E-state index contributed by atoms with van der Waals surface area (Å²) < 4.78 is 41.8. The van der Waals surface area contributed by atoms with Crippen LogP contribution < -0.4 is 15.8 Å². The van der Waals surface area contributed by atoms with Crippen LogP contribution in [0.1, 0.15) is 12.7 Å². The lowest BCUT2D eigenvalue weighted by atomic mass is 10.3. The lowest BCUT2D eigenvalue weighted by Crippen LogP contribution is -2.23. The Kier molecular flexibility index (Phi) is 5.04. The van der Waals surface area contributed by atoms with Crippen LogP contribution in [-0.4, -0.2) is 27.1 Å². The molecule has 1 aromatic carbocycles. The summed E-state index contributed by atoms with van der Waals surface area (Å²) in [6.45, 7) is 2.90. The normalized spacial score (nSPS) is 12.3. The number of alkyl halides is 3. The Morgan fingerprint density at radius 3 is 2.65 bits per heavy atom. The first-order chi connectivity index (χ1) is 10.9. The summed E-state index contributed by atoms with van der Waals surface area (Å²) in [4.78, 5) is 4.10. The number of aryl methyl sites for hydroxylation is 1. The molecule has 0 fully saturated rings. The first kappa shape index (κ1) is 16.6. The highest BCUT2D eigenvalue weighted by molar-refractivity contribution is 5.92. The molecule has 0 spiro atoms. The van der Waals surface area contributed by atoms with E-state index in [2.05, 4.69) is 25.2 Å². The third kappa shape index (κ3) is 5.16. The minimum absolute atomic E-state index is 0.111. The Hall–Kier alpha value is -2.78. The van der Waals surface area contributed by atoms with E-state index < -0.39 is 6.36 Å². The highest BCUT2D eigenvalue weighted by Crippen LogP contribution is 2.23. The summed E-state index contributed by atoms with van der Waals surface area (Å²) in [5.41, 5.74) is 6.21. The molecule has 0 aliphatic carbocycles. The van der Waals surface area contributed by atoms with Crippen LogP contribution in [0.25, 0.3) is 0 Å². The number of hydrogen-bond acceptors (Lipinski definition) is 4. The van der Waals surface area contributed by atoms with Crippen molar-refractivity contribution in [2.24, 2.45) is 10.7 Å². The topological polar surface area (TPSA) is 90.4 Å². The molecule has 23 heavy (non-hydrogen) atoms. The largest absolute Gasteiger partial charge is 0.573 e. The maximum absolute atomic E-state index is 12.1. The zero-order valence-corrected chi connectivity index (χ0v) is 12.2. The average molecular weight is 328 g/mol. The number of aromatic nitrogens is 3. The Balaban J connectivity index is 1.94. The van der Waals surface area contributed by atoms with Gasteiger partial charge >= 0.3 is 6.36 Å². The molecule has 0 aliphatic rings. The SMILES string of the molecule is CCn1cnnc1CN=C(N)Nc1ccc(OC(F)(F)F)cc1. The Bertz CT molecular complexity index is 665. The maximum atomic E-state index is 12.1. The molecule has 0 aliphatic heterocycles. The molecule has 0 bridgehead atoms. The zero-order valence-electron chi connectivity index (χ0n) is 12.2. The minimum Gasteiger partial charge on any atom is -0.406 e. The third-order valence-electron chi connectivity index (χ3n) is 2.79. The number of guanidine groups is 1. The lowest BCUT2D eigenvalue weighted by molar-refractivity contribution is -0.274. The van der Waals surface area contributed by atoms with Crippen molar-refractivity contribution in [3.8, 4) is 5.75 Å². The second kappa shape index (κ2) is 6.99. The van der Waals surface area contributed by atoms with Crippen molar-refractivity contribution < 1.29 is 17.9 Å². The van der Waals surface area contributed by atoms with Gasteiger partial charge in [0.1, 0.15) is 18.6 Å². The molecule has 0 saturated heterocycles. The van der Waals surface area contributed by atoms with Crippen molar-refractivity contribution in [3.63, 3.8) is 0 Å². The van der Waals surface area contributed by atoms with Crippen molar-refractivity contribution in [1.82, 2.24) is 14.8 Å². The molecule has 0 radical (unpaired) electrons. The van der Waals surface area contributed by atoms with E-state index in [0.29, 0.717) is 18.1 Å². The molecule has 2 aromatic rings. The number of nitrogens with one attached hydrogen (secondary N) is 1. The van der Waals surface area contributed by atoms with E-state index in [0.717, 1.165) is 0 Å². The molecule has 0 unspecified atom stereocenters. The van der Waals surface area contributed by atoms with E-state index in [1.165, 1.54) is 24.3 Å². The van der Waals surface area contributed by atoms with E-state index in [4.69, 9.17) is 5.73 Å². The zero-order chi connectivity index (χ0) is 16.9. The quantitative estimate of drug-likeness (QED) is 0.648. The average Bonchev–Trinajstić information content (AvgIpc) is 2.93. The molecule has 10 heteroatoms. The number of ether oxygens (including phenoxy) is 1. The lowest BCUT2D eigenvalue weighted by Gasteiger charge is -2.10. The smallest absolute Gasteiger partial charge is 0.406 e. The Morgan fingerprint density at radius 2 is 2.04 bits per heavy atom. The number of nitrogens with two attached hydrogens (primary N) is 1. The fraction of sp³-hybridized carbons (Fsp3) is 0.308. The molecule has 1 aromatic heterocycles. The summed E-state index contributed by atoms with van der Waals surface area (Å²) >= 11 is 0. The fourth-order valence-electron chi connectivity index (χ4n) is 1.75. The van der Waals surface area contributed by atoms with Crippen molar-refractivity contribution in [2.75, 3.05) is 5.32 Å². The van der Waals surface area contributed by atoms with Crippen LogP contribution in [0.5, 0.6) is 5.75 Å². The van der Waals surface area contributed by atoms with Crippen LogP contribution in [0.2, 0.25) is 0 Å². The molecule has 2 rings (SSSR count). The van der Waals surface area contributed by atoms with Crippen molar-refractivity contribution in [2.45, 2.75) is 26.4 Å². The number of halogens is 3. The van der Waals surface area contributed by atoms with Crippen LogP contribution in [0.15, 0.2) is 35.6 Å². The summed E-state index contributed by atoms with van der Waals surface area (Å²) in [6.07, 6.45) is -3.13. The Labute approximate surface area is 130 Å². The van der Waals surface area contributed by atoms with E-state index in [9.17, 15) is 13.2 Å². The number of nitrogens with zero attached hydrogens (tertiary/aromatic N) is 4. The van der Waals surface area contributed by atoms with Crippen molar-refractivity contribution in [1.29, 1.82) is 0 Å². The van der Waals surface area contributed by atoms with Gasteiger partial charge in [-0.15, -0.1) is 23.4 Å². The van der Waals surface area contributed by atoms with Gasteiger partial charge in [0.25, 0.3) is 0 Å². The second-order valence-electron chi connectivity index (χ2n) is 4.43. The van der Waals surface area contributed by atoms with E-state index >= 15 is 0 Å². The van der Waals surface area contributed by atoms with Gasteiger partial charge in [0.05, 0.1) is 0 Å². The fourth-order valence-corrected chi connectivity index (χ4v) is 1.75. The van der Waals surface area contributed by atoms with E-state index in [1.807, 2.05) is 11.5 Å². The molecule has 3 N–H and O–H groups in total. The predicted molar refractivity (Wildman–Crippen MR) is 77.8 cm³/mol. The van der Waals surface area contributed by atoms with Gasteiger partial charge in [0, 0.05) is 12.2 Å². The predicted octanol–water partition coefficient (Wildman–Crippen LogP) is 2.12. The van der Waals surface area contributed by atoms with Gasteiger partial charge in [-0.25, -0.2) is 4.99 Å². The molecule has 1 heterocycles. The monoisotopic (exact) mass is 328 g/mol. The number of rotatable bonds is 5. The molecular formula is C13H15F3N6O. The number of aliphatic imine (C=N–C) groups is 1. The van der Waals surface area contributed by atoms with Gasteiger partial charge in [-0.3, -0.25) is 0 Å². The van der Waals surface area contributed by atoms with Gasteiger partial charge in [0.2, 0.25) is 0 Å². The van der Waals surface area contributed by atoms with Gasteiger partial charge in [-0.05, 0) is 31.2 Å². The van der Waals surface area contributed by atoms with Crippen LogP contribution in [0, 0.1) is 0 Å². The summed E-state index contributed by atoms with van der Waals surface area (Å²) in [6, 6.07) is 5.16. The Morgan fingerprint density at radius 1 is 1.35 bits per heavy atom. The van der Waals surface area contributed by atoms with Crippen LogP contribution in [0.4, 0.5) is 18.9 Å². The van der Waals surface area contributed by atoms with Crippen LogP contribution in [-0.2, 0) is 13.1 Å². The standard InChI is InChI=1S/C13H15F3N6O/c1-2-22-8-19-21-11(22)7-18-12(17)20-9-3-5-10(6-4-9)23-13(14,15)16/h3-6,8H,2,7H2,1H3,(H3,17,18,20). The van der Waals surface area contributed by atoms with Crippen LogP contribution in [0.3, 0.4) is 0 Å². The van der Waals surface area contributed by atoms with E-state index in [-0.39, 0.29) is 18.3 Å². The molecule has 7 nitrogen and oxygen atoms in total. The maximum Gasteiger partial charge on any atom is 0.573 e. The summed E-state index contributed by atoms with van der Waals surface area (Å²) in [7, 11) is 0. The molecular weight excluding hydrogens is 313 g/mol. The van der Waals surface area contributed by atoms with Gasteiger partial charge < -0.3 is 20.4 Å². The summed E-state index contributed by atoms with van der Waals surface area (Å²) in [5, 5.41) is 10.4. The van der Waals surface area contributed by atoms with Crippen molar-refractivity contribution >= 4 is 11.6 Å². The third-order valence-corrected chi connectivity index (χ3v) is 2.79. The molecule has 0 atom stereocenters. The second-order valence-corrected chi connectivity index (χ2v) is 4.43. The first-order valence-corrected chi connectivity index (χ1v) is 6.67. The highest BCUT2D eigenvalue weighted by atomic mass is 19.4. The molecule has 0 saturated carbocycles. The molecule has 124 valence electrons. The van der Waals surface area contributed by atoms with Gasteiger partial charge in [0.15, 0.2) is 11.8 Å². The van der Waals surface area contributed by atoms with E-state index in [1.54, 1.807) is 6.33 Å². The van der Waals surface area contributed by atoms with Gasteiger partial charge in [-0.1, -0.05) is 0 Å². The van der Waals surface area contributed by atoms with Crippen molar-refractivity contribution in [3.05, 3.63) is 36.4 Å². The minimum atomic E-state index is -4.72. The number of benzene rings is 1. The number of hydrogen-bond donors (Lipinski definition) is 2. The first-order valence-electron chi connectivity index (χ1n) is 6.67. The van der Waals surface area contributed by atoms with Gasteiger partial charge in [-0.2, -0.15) is 0 Å².